The normalized spacial score (nSPS) is 13.9. The van der Waals surface area contributed by atoms with Gasteiger partial charge in [-0.05, 0) is 18.1 Å². The van der Waals surface area contributed by atoms with Crippen LogP contribution >= 0.6 is 11.3 Å². The average Bonchev–Trinajstić information content (AvgIpc) is 2.89. The molecular weight excluding hydrogens is 276 g/mol. The SMILES string of the molecule is CC(O)(CNCc1csc([N+](=O)[O-])c1)c1ccccc1. The zero-order chi connectivity index (χ0) is 14.6. The van der Waals surface area contributed by atoms with Gasteiger partial charge in [-0.25, -0.2) is 0 Å². The topological polar surface area (TPSA) is 75.4 Å². The van der Waals surface area contributed by atoms with Gasteiger partial charge < -0.3 is 10.4 Å². The first-order valence-corrected chi connectivity index (χ1v) is 7.07. The van der Waals surface area contributed by atoms with E-state index >= 15 is 0 Å². The number of hydrogen-bond acceptors (Lipinski definition) is 5. The Hall–Kier alpha value is -1.76. The molecule has 20 heavy (non-hydrogen) atoms. The molecule has 106 valence electrons. The van der Waals surface area contributed by atoms with Gasteiger partial charge in [-0.3, -0.25) is 10.1 Å². The van der Waals surface area contributed by atoms with Gasteiger partial charge in [0.25, 0.3) is 0 Å². The summed E-state index contributed by atoms with van der Waals surface area (Å²) in [6.45, 7) is 2.61. The van der Waals surface area contributed by atoms with Crippen molar-refractivity contribution in [3.8, 4) is 0 Å². The van der Waals surface area contributed by atoms with Gasteiger partial charge in [0, 0.05) is 24.5 Å². The lowest BCUT2D eigenvalue weighted by atomic mass is 9.96. The highest BCUT2D eigenvalue weighted by Gasteiger charge is 2.22. The summed E-state index contributed by atoms with van der Waals surface area (Å²) in [5.74, 6) is 0. The molecule has 0 bridgehead atoms. The van der Waals surface area contributed by atoms with Gasteiger partial charge in [0.2, 0.25) is 0 Å². The van der Waals surface area contributed by atoms with E-state index in [0.717, 1.165) is 22.5 Å². The summed E-state index contributed by atoms with van der Waals surface area (Å²) < 4.78 is 0. The van der Waals surface area contributed by atoms with Crippen molar-refractivity contribution in [2.24, 2.45) is 0 Å². The van der Waals surface area contributed by atoms with Gasteiger partial charge in [0.15, 0.2) is 0 Å². The molecule has 2 rings (SSSR count). The maximum atomic E-state index is 10.6. The van der Waals surface area contributed by atoms with Gasteiger partial charge in [0.1, 0.15) is 0 Å². The highest BCUT2D eigenvalue weighted by Crippen LogP contribution is 2.23. The van der Waals surface area contributed by atoms with Crippen LogP contribution in [0, 0.1) is 10.1 Å². The Balaban J connectivity index is 1.90. The van der Waals surface area contributed by atoms with Crippen LogP contribution in [0.3, 0.4) is 0 Å². The number of nitrogens with one attached hydrogen (secondary N) is 1. The zero-order valence-electron chi connectivity index (χ0n) is 11.1. The minimum Gasteiger partial charge on any atom is -0.384 e. The van der Waals surface area contributed by atoms with Crippen LogP contribution in [0.4, 0.5) is 5.00 Å². The quantitative estimate of drug-likeness (QED) is 0.634. The number of hydrogen-bond donors (Lipinski definition) is 2. The molecule has 0 aliphatic rings. The van der Waals surface area contributed by atoms with Crippen molar-refractivity contribution in [1.29, 1.82) is 0 Å². The van der Waals surface area contributed by atoms with E-state index < -0.39 is 10.5 Å². The summed E-state index contributed by atoms with van der Waals surface area (Å²) in [6.07, 6.45) is 0. The standard InChI is InChI=1S/C14H16N2O3S/c1-14(17,12-5-3-2-4-6-12)10-15-8-11-7-13(16(18)19)20-9-11/h2-7,9,15,17H,8,10H2,1H3. The maximum absolute atomic E-state index is 10.6. The third-order valence-electron chi connectivity index (χ3n) is 3.01. The highest BCUT2D eigenvalue weighted by atomic mass is 32.1. The van der Waals surface area contributed by atoms with Crippen LogP contribution in [0.25, 0.3) is 0 Å². The van der Waals surface area contributed by atoms with Crippen molar-refractivity contribution in [1.82, 2.24) is 5.32 Å². The first kappa shape index (κ1) is 14.6. The number of nitrogens with zero attached hydrogens (tertiary/aromatic N) is 1. The lowest BCUT2D eigenvalue weighted by Gasteiger charge is -2.24. The Bertz CT molecular complexity index is 581. The van der Waals surface area contributed by atoms with Gasteiger partial charge >= 0.3 is 5.00 Å². The summed E-state index contributed by atoms with van der Waals surface area (Å²) in [4.78, 5) is 10.2. The number of thiophene rings is 1. The molecule has 1 atom stereocenters. The number of benzene rings is 1. The van der Waals surface area contributed by atoms with Crippen LogP contribution in [0.2, 0.25) is 0 Å². The van der Waals surface area contributed by atoms with Crippen LogP contribution in [0.15, 0.2) is 41.8 Å². The molecule has 0 saturated carbocycles. The molecule has 0 saturated heterocycles. The van der Waals surface area contributed by atoms with E-state index in [4.69, 9.17) is 0 Å². The predicted molar refractivity (Wildman–Crippen MR) is 78.7 cm³/mol. The molecule has 1 heterocycles. The van der Waals surface area contributed by atoms with Crippen molar-refractivity contribution in [3.63, 3.8) is 0 Å². The Morgan fingerprint density at radius 2 is 2.10 bits per heavy atom. The lowest BCUT2D eigenvalue weighted by Crippen LogP contribution is -2.35. The van der Waals surface area contributed by atoms with Gasteiger partial charge in [-0.2, -0.15) is 0 Å². The first-order chi connectivity index (χ1) is 9.49. The van der Waals surface area contributed by atoms with Gasteiger partial charge in [-0.15, -0.1) is 0 Å². The third kappa shape index (κ3) is 3.63. The third-order valence-corrected chi connectivity index (χ3v) is 3.94. The molecule has 1 aromatic carbocycles. The molecule has 0 aliphatic heterocycles. The average molecular weight is 292 g/mol. The monoisotopic (exact) mass is 292 g/mol. The zero-order valence-corrected chi connectivity index (χ0v) is 11.9. The Kier molecular flexibility index (Phi) is 4.49. The van der Waals surface area contributed by atoms with E-state index in [1.807, 2.05) is 30.3 Å². The van der Waals surface area contributed by atoms with Crippen LogP contribution in [-0.2, 0) is 12.1 Å². The molecule has 0 aliphatic carbocycles. The lowest BCUT2D eigenvalue weighted by molar-refractivity contribution is -0.380. The van der Waals surface area contributed by atoms with E-state index in [-0.39, 0.29) is 5.00 Å². The van der Waals surface area contributed by atoms with E-state index in [0.29, 0.717) is 13.1 Å². The van der Waals surface area contributed by atoms with Gasteiger partial charge in [-0.1, -0.05) is 41.7 Å². The largest absolute Gasteiger partial charge is 0.384 e. The number of nitro groups is 1. The fourth-order valence-electron chi connectivity index (χ4n) is 1.90. The molecule has 2 N–H and O–H groups in total. The molecular formula is C14H16N2O3S. The first-order valence-electron chi connectivity index (χ1n) is 6.19. The summed E-state index contributed by atoms with van der Waals surface area (Å²) in [5.41, 5.74) is 0.720. The maximum Gasteiger partial charge on any atom is 0.324 e. The van der Waals surface area contributed by atoms with Crippen LogP contribution in [-0.4, -0.2) is 16.6 Å². The second-order valence-corrected chi connectivity index (χ2v) is 5.68. The summed E-state index contributed by atoms with van der Waals surface area (Å²) in [5, 5.41) is 26.0. The van der Waals surface area contributed by atoms with Crippen molar-refractivity contribution >= 4 is 16.3 Å². The minimum atomic E-state index is -0.969. The second kappa shape index (κ2) is 6.13. The molecule has 6 heteroatoms. The molecule has 0 radical (unpaired) electrons. The molecule has 1 aromatic heterocycles. The van der Waals surface area contributed by atoms with E-state index in [2.05, 4.69) is 5.32 Å². The fraction of sp³-hybridized carbons (Fsp3) is 0.286. The van der Waals surface area contributed by atoms with Crippen molar-refractivity contribution in [3.05, 3.63) is 63.0 Å². The second-order valence-electron chi connectivity index (χ2n) is 4.79. The fourth-order valence-corrected chi connectivity index (χ4v) is 2.63. The Labute approximate surface area is 121 Å². The van der Waals surface area contributed by atoms with Gasteiger partial charge in [0.05, 0.1) is 10.5 Å². The van der Waals surface area contributed by atoms with Crippen molar-refractivity contribution in [2.45, 2.75) is 19.1 Å². The van der Waals surface area contributed by atoms with E-state index in [1.54, 1.807) is 18.4 Å². The number of rotatable bonds is 6. The molecule has 2 aromatic rings. The molecule has 5 nitrogen and oxygen atoms in total. The molecule has 0 amide bonds. The summed E-state index contributed by atoms with van der Waals surface area (Å²) in [7, 11) is 0. The Morgan fingerprint density at radius 1 is 1.40 bits per heavy atom. The van der Waals surface area contributed by atoms with E-state index in [9.17, 15) is 15.2 Å². The Morgan fingerprint density at radius 3 is 2.70 bits per heavy atom. The number of aliphatic hydroxyl groups is 1. The molecule has 1 unspecified atom stereocenters. The predicted octanol–water partition coefficient (Wildman–Crippen LogP) is 2.65. The van der Waals surface area contributed by atoms with Crippen molar-refractivity contribution < 1.29 is 10.0 Å². The minimum absolute atomic E-state index is 0.136. The van der Waals surface area contributed by atoms with E-state index in [1.165, 1.54) is 0 Å². The highest BCUT2D eigenvalue weighted by molar-refractivity contribution is 7.13. The molecule has 0 fully saturated rings. The van der Waals surface area contributed by atoms with Crippen LogP contribution < -0.4 is 5.32 Å². The summed E-state index contributed by atoms with van der Waals surface area (Å²) >= 11 is 1.11. The van der Waals surface area contributed by atoms with Crippen LogP contribution in [0.1, 0.15) is 18.1 Å². The van der Waals surface area contributed by atoms with Crippen molar-refractivity contribution in [2.75, 3.05) is 6.54 Å². The smallest absolute Gasteiger partial charge is 0.324 e. The van der Waals surface area contributed by atoms with Crippen LogP contribution in [0.5, 0.6) is 0 Å². The summed E-state index contributed by atoms with van der Waals surface area (Å²) in [6, 6.07) is 11.0. The molecule has 0 spiro atoms.